The molecule has 1 aliphatic heterocycles. The molecule has 0 aromatic heterocycles. The molecule has 4 heteroatoms. The molecule has 0 bridgehead atoms. The van der Waals surface area contributed by atoms with Gasteiger partial charge in [-0.3, -0.25) is 4.79 Å². The molecule has 1 heterocycles. The highest BCUT2D eigenvalue weighted by atomic mass is 16.3. The van der Waals surface area contributed by atoms with Crippen molar-refractivity contribution in [3.63, 3.8) is 0 Å². The van der Waals surface area contributed by atoms with Gasteiger partial charge in [0.1, 0.15) is 0 Å². The van der Waals surface area contributed by atoms with Crippen molar-refractivity contribution in [3.05, 3.63) is 46.9 Å². The average molecular weight is 212 g/mol. The van der Waals surface area contributed by atoms with Gasteiger partial charge in [-0.15, -0.1) is 4.91 Å². The van der Waals surface area contributed by atoms with E-state index in [2.05, 4.69) is 10.5 Å². The van der Waals surface area contributed by atoms with Crippen LogP contribution in [0, 0.1) is 4.91 Å². The summed E-state index contributed by atoms with van der Waals surface area (Å²) in [6.07, 6.45) is 0. The second-order valence-electron chi connectivity index (χ2n) is 3.75. The first-order valence-electron chi connectivity index (χ1n) is 4.96. The maximum absolute atomic E-state index is 11.5. The van der Waals surface area contributed by atoms with Gasteiger partial charge in [-0.1, -0.05) is 41.6 Å². The van der Waals surface area contributed by atoms with Crippen LogP contribution in [-0.2, 0) is 4.79 Å². The maximum atomic E-state index is 11.5. The van der Waals surface area contributed by atoms with Crippen molar-refractivity contribution in [1.29, 1.82) is 0 Å². The van der Waals surface area contributed by atoms with Crippen LogP contribution in [0.5, 0.6) is 0 Å². The number of nitrogens with one attached hydrogen (secondary N) is 1. The number of nitroso groups, excluding NO2 is 1. The van der Waals surface area contributed by atoms with Crippen molar-refractivity contribution >= 4 is 22.4 Å². The molecule has 0 saturated carbocycles. The Balaban J connectivity index is 2.34. The van der Waals surface area contributed by atoms with Crippen LogP contribution in [0.4, 0.5) is 5.69 Å². The molecule has 0 aliphatic carbocycles. The standard InChI is InChI=1S/C12H8N2O2/c15-12-11(14-16)9-6-5-7-3-1-2-4-8(7)10(9)13-12/h1-6,11H,(H,13,15). The van der Waals surface area contributed by atoms with E-state index in [0.29, 0.717) is 11.3 Å². The lowest BCUT2D eigenvalue weighted by Crippen LogP contribution is -2.09. The number of fused-ring (bicyclic) bond motifs is 3. The van der Waals surface area contributed by atoms with Crippen molar-refractivity contribution in [1.82, 2.24) is 0 Å². The van der Waals surface area contributed by atoms with Crippen LogP contribution in [0.2, 0.25) is 0 Å². The Labute approximate surface area is 91.2 Å². The fraction of sp³-hybridized carbons (Fsp3) is 0.0833. The number of hydrogen-bond acceptors (Lipinski definition) is 3. The van der Waals surface area contributed by atoms with E-state index in [9.17, 15) is 9.70 Å². The highest BCUT2D eigenvalue weighted by Gasteiger charge is 2.32. The van der Waals surface area contributed by atoms with Gasteiger partial charge in [0.15, 0.2) is 6.04 Å². The molecule has 2 aromatic carbocycles. The van der Waals surface area contributed by atoms with E-state index in [1.807, 2.05) is 30.3 Å². The fourth-order valence-corrected chi connectivity index (χ4v) is 2.09. The Morgan fingerprint density at radius 1 is 1.12 bits per heavy atom. The summed E-state index contributed by atoms with van der Waals surface area (Å²) < 4.78 is 0. The Morgan fingerprint density at radius 3 is 2.75 bits per heavy atom. The summed E-state index contributed by atoms with van der Waals surface area (Å²) in [5.74, 6) is -0.346. The summed E-state index contributed by atoms with van der Waals surface area (Å²) in [7, 11) is 0. The van der Waals surface area contributed by atoms with Gasteiger partial charge >= 0.3 is 0 Å². The maximum Gasteiger partial charge on any atom is 0.257 e. The number of anilines is 1. The van der Waals surface area contributed by atoms with Crippen LogP contribution in [0.25, 0.3) is 10.8 Å². The summed E-state index contributed by atoms with van der Waals surface area (Å²) in [4.78, 5) is 22.1. The normalized spacial score (nSPS) is 18.2. The predicted octanol–water partition coefficient (Wildman–Crippen LogP) is 2.60. The third-order valence-electron chi connectivity index (χ3n) is 2.86. The summed E-state index contributed by atoms with van der Waals surface area (Å²) in [6.45, 7) is 0. The number of benzene rings is 2. The van der Waals surface area contributed by atoms with Crippen molar-refractivity contribution in [2.24, 2.45) is 5.18 Å². The molecule has 1 N–H and O–H groups in total. The third kappa shape index (κ3) is 1.07. The number of carbonyl (C=O) groups is 1. The first-order valence-corrected chi connectivity index (χ1v) is 4.96. The van der Waals surface area contributed by atoms with Gasteiger partial charge in [0, 0.05) is 10.9 Å². The summed E-state index contributed by atoms with van der Waals surface area (Å²) in [5.41, 5.74) is 1.38. The van der Waals surface area contributed by atoms with E-state index in [-0.39, 0.29) is 5.91 Å². The van der Waals surface area contributed by atoms with E-state index >= 15 is 0 Å². The van der Waals surface area contributed by atoms with E-state index < -0.39 is 6.04 Å². The monoisotopic (exact) mass is 212 g/mol. The zero-order chi connectivity index (χ0) is 11.1. The van der Waals surface area contributed by atoms with Gasteiger partial charge < -0.3 is 5.32 Å². The summed E-state index contributed by atoms with van der Waals surface area (Å²) in [5, 5.41) is 7.54. The number of rotatable bonds is 1. The topological polar surface area (TPSA) is 58.5 Å². The molecule has 0 spiro atoms. The molecule has 0 fully saturated rings. The van der Waals surface area contributed by atoms with Crippen molar-refractivity contribution < 1.29 is 4.79 Å². The van der Waals surface area contributed by atoms with Gasteiger partial charge in [0.05, 0.1) is 5.69 Å². The second kappa shape index (κ2) is 3.13. The fourth-order valence-electron chi connectivity index (χ4n) is 2.09. The molecule has 0 saturated heterocycles. The Kier molecular flexibility index (Phi) is 1.77. The first kappa shape index (κ1) is 9.03. The highest BCUT2D eigenvalue weighted by Crippen LogP contribution is 2.38. The molecule has 1 amide bonds. The average Bonchev–Trinajstić information content (AvgIpc) is 2.65. The summed E-state index contributed by atoms with van der Waals surface area (Å²) in [6, 6.07) is 10.5. The minimum absolute atomic E-state index is 0.346. The number of amides is 1. The Hall–Kier alpha value is -2.23. The SMILES string of the molecule is O=NC1C(=O)Nc2c1ccc1ccccc21. The molecule has 78 valence electrons. The van der Waals surface area contributed by atoms with Crippen molar-refractivity contribution in [2.45, 2.75) is 6.04 Å². The van der Waals surface area contributed by atoms with Gasteiger partial charge in [0.25, 0.3) is 5.91 Å². The number of nitrogens with zero attached hydrogens (tertiary/aromatic N) is 1. The van der Waals surface area contributed by atoms with Crippen LogP contribution in [0.1, 0.15) is 11.6 Å². The zero-order valence-corrected chi connectivity index (χ0v) is 8.31. The molecule has 1 unspecified atom stereocenters. The minimum Gasteiger partial charge on any atom is -0.323 e. The van der Waals surface area contributed by atoms with Gasteiger partial charge in [-0.2, -0.15) is 0 Å². The van der Waals surface area contributed by atoms with Crippen LogP contribution < -0.4 is 5.32 Å². The molecule has 2 aromatic rings. The molecular formula is C12H8N2O2. The second-order valence-corrected chi connectivity index (χ2v) is 3.75. The van der Waals surface area contributed by atoms with Gasteiger partial charge in [-0.25, -0.2) is 0 Å². The van der Waals surface area contributed by atoms with E-state index in [1.165, 1.54) is 0 Å². The van der Waals surface area contributed by atoms with Gasteiger partial charge in [-0.05, 0) is 5.39 Å². The number of hydrogen-bond donors (Lipinski definition) is 1. The van der Waals surface area contributed by atoms with Crippen LogP contribution in [-0.4, -0.2) is 5.91 Å². The molecule has 1 aliphatic rings. The van der Waals surface area contributed by atoms with E-state index in [1.54, 1.807) is 6.07 Å². The molecule has 4 nitrogen and oxygen atoms in total. The summed E-state index contributed by atoms with van der Waals surface area (Å²) >= 11 is 0. The van der Waals surface area contributed by atoms with Gasteiger partial charge in [0.2, 0.25) is 0 Å². The quantitative estimate of drug-likeness (QED) is 0.738. The smallest absolute Gasteiger partial charge is 0.257 e. The lowest BCUT2D eigenvalue weighted by Gasteiger charge is -2.04. The van der Waals surface area contributed by atoms with Crippen molar-refractivity contribution in [2.75, 3.05) is 5.32 Å². The van der Waals surface area contributed by atoms with Crippen LogP contribution >= 0.6 is 0 Å². The molecule has 1 atom stereocenters. The Bertz CT molecular complexity index is 607. The zero-order valence-electron chi connectivity index (χ0n) is 8.31. The largest absolute Gasteiger partial charge is 0.323 e. The highest BCUT2D eigenvalue weighted by molar-refractivity contribution is 6.11. The molecular weight excluding hydrogens is 204 g/mol. The molecule has 16 heavy (non-hydrogen) atoms. The van der Waals surface area contributed by atoms with Crippen LogP contribution in [0.3, 0.4) is 0 Å². The van der Waals surface area contributed by atoms with Crippen molar-refractivity contribution in [3.8, 4) is 0 Å². The third-order valence-corrected chi connectivity index (χ3v) is 2.86. The minimum atomic E-state index is -0.903. The predicted molar refractivity (Wildman–Crippen MR) is 61.1 cm³/mol. The Morgan fingerprint density at radius 2 is 1.94 bits per heavy atom. The lowest BCUT2D eigenvalue weighted by molar-refractivity contribution is -0.116. The number of carbonyl (C=O) groups excluding carboxylic acids is 1. The van der Waals surface area contributed by atoms with E-state index in [0.717, 1.165) is 10.8 Å². The van der Waals surface area contributed by atoms with Crippen LogP contribution in [0.15, 0.2) is 41.6 Å². The molecule has 0 radical (unpaired) electrons. The molecule has 3 rings (SSSR count). The first-order chi connectivity index (χ1) is 7.81. The lowest BCUT2D eigenvalue weighted by atomic mass is 10.0. The van der Waals surface area contributed by atoms with E-state index in [4.69, 9.17) is 0 Å².